The molecule has 3 heteroatoms. The van der Waals surface area contributed by atoms with Crippen LogP contribution < -0.4 is 5.32 Å². The molecule has 0 aliphatic carbocycles. The number of nitrogens with one attached hydrogen (secondary N) is 1. The summed E-state index contributed by atoms with van der Waals surface area (Å²) < 4.78 is 0. The SMILES string of the molecule is CCCC(=O)NC(C)CCCl. The lowest BCUT2D eigenvalue weighted by atomic mass is 10.2. The molecule has 0 aromatic rings. The summed E-state index contributed by atoms with van der Waals surface area (Å²) in [5, 5.41) is 2.86. The van der Waals surface area contributed by atoms with Gasteiger partial charge in [-0.1, -0.05) is 6.92 Å². The number of carbonyl (C=O) groups is 1. The maximum absolute atomic E-state index is 11.0. The van der Waals surface area contributed by atoms with Crippen molar-refractivity contribution >= 4 is 17.5 Å². The topological polar surface area (TPSA) is 29.1 Å². The summed E-state index contributed by atoms with van der Waals surface area (Å²) in [5.41, 5.74) is 0. The molecule has 0 aliphatic rings. The molecule has 66 valence electrons. The van der Waals surface area contributed by atoms with Gasteiger partial charge in [-0.25, -0.2) is 0 Å². The van der Waals surface area contributed by atoms with Gasteiger partial charge in [0.25, 0.3) is 0 Å². The zero-order chi connectivity index (χ0) is 8.69. The standard InChI is InChI=1S/C8H16ClNO/c1-3-4-8(11)10-7(2)5-6-9/h7H,3-6H2,1-2H3,(H,10,11). The first-order valence-electron chi connectivity index (χ1n) is 4.06. The number of halogens is 1. The summed E-state index contributed by atoms with van der Waals surface area (Å²) in [6.07, 6.45) is 2.36. The Morgan fingerprint density at radius 1 is 1.64 bits per heavy atom. The van der Waals surface area contributed by atoms with E-state index in [1.54, 1.807) is 0 Å². The Morgan fingerprint density at radius 2 is 2.27 bits per heavy atom. The minimum absolute atomic E-state index is 0.130. The molecule has 1 N–H and O–H groups in total. The fourth-order valence-corrected chi connectivity index (χ4v) is 1.14. The molecule has 0 fully saturated rings. The summed E-state index contributed by atoms with van der Waals surface area (Å²) >= 11 is 5.51. The van der Waals surface area contributed by atoms with Gasteiger partial charge in [-0.05, 0) is 19.8 Å². The van der Waals surface area contributed by atoms with Crippen LogP contribution in [0.1, 0.15) is 33.1 Å². The van der Waals surface area contributed by atoms with Crippen molar-refractivity contribution in [3.63, 3.8) is 0 Å². The van der Waals surface area contributed by atoms with Gasteiger partial charge >= 0.3 is 0 Å². The highest BCUT2D eigenvalue weighted by Gasteiger charge is 2.04. The Labute approximate surface area is 73.3 Å². The average Bonchev–Trinajstić information content (AvgIpc) is 1.87. The van der Waals surface area contributed by atoms with E-state index in [1.165, 1.54) is 0 Å². The molecular weight excluding hydrogens is 162 g/mol. The summed E-state index contributed by atoms with van der Waals surface area (Å²) in [5.74, 6) is 0.734. The molecule has 0 radical (unpaired) electrons. The summed E-state index contributed by atoms with van der Waals surface area (Å²) in [6, 6.07) is 0.214. The van der Waals surface area contributed by atoms with Gasteiger partial charge in [0.2, 0.25) is 5.91 Å². The molecule has 0 saturated carbocycles. The minimum atomic E-state index is 0.130. The minimum Gasteiger partial charge on any atom is -0.354 e. The number of amides is 1. The monoisotopic (exact) mass is 177 g/mol. The van der Waals surface area contributed by atoms with Crippen LogP contribution in [0.4, 0.5) is 0 Å². The van der Waals surface area contributed by atoms with Crippen molar-refractivity contribution in [1.82, 2.24) is 5.32 Å². The Hall–Kier alpha value is -0.240. The first-order chi connectivity index (χ1) is 5.20. The van der Waals surface area contributed by atoms with E-state index in [0.717, 1.165) is 12.8 Å². The fraction of sp³-hybridized carbons (Fsp3) is 0.875. The Bertz CT molecular complexity index is 117. The molecule has 0 aromatic heterocycles. The van der Waals surface area contributed by atoms with Crippen molar-refractivity contribution in [2.75, 3.05) is 5.88 Å². The van der Waals surface area contributed by atoms with Crippen LogP contribution in [0, 0.1) is 0 Å². The molecule has 0 heterocycles. The highest BCUT2D eigenvalue weighted by molar-refractivity contribution is 6.17. The summed E-state index contributed by atoms with van der Waals surface area (Å²) in [6.45, 7) is 3.96. The van der Waals surface area contributed by atoms with E-state index in [4.69, 9.17) is 11.6 Å². The molecule has 0 rings (SSSR count). The Morgan fingerprint density at radius 3 is 2.73 bits per heavy atom. The predicted octanol–water partition coefficient (Wildman–Crippen LogP) is 1.92. The Balaban J connectivity index is 3.40. The maximum Gasteiger partial charge on any atom is 0.220 e. The second-order valence-electron chi connectivity index (χ2n) is 2.70. The first-order valence-corrected chi connectivity index (χ1v) is 4.59. The van der Waals surface area contributed by atoms with Crippen molar-refractivity contribution < 1.29 is 4.79 Å². The molecule has 1 unspecified atom stereocenters. The molecule has 1 atom stereocenters. The molecule has 0 aromatic carbocycles. The lowest BCUT2D eigenvalue weighted by Crippen LogP contribution is -2.32. The van der Waals surface area contributed by atoms with Crippen LogP contribution >= 0.6 is 11.6 Å². The van der Waals surface area contributed by atoms with Gasteiger partial charge in [-0.2, -0.15) is 0 Å². The number of alkyl halides is 1. The van der Waals surface area contributed by atoms with Gasteiger partial charge in [0, 0.05) is 18.3 Å². The molecular formula is C8H16ClNO. The normalized spacial score (nSPS) is 12.6. The van der Waals surface area contributed by atoms with Crippen LogP contribution in [0.5, 0.6) is 0 Å². The average molecular weight is 178 g/mol. The number of hydrogen-bond donors (Lipinski definition) is 1. The molecule has 0 bridgehead atoms. The van der Waals surface area contributed by atoms with Crippen LogP contribution in [-0.4, -0.2) is 17.8 Å². The number of hydrogen-bond acceptors (Lipinski definition) is 1. The third-order valence-electron chi connectivity index (χ3n) is 1.43. The largest absolute Gasteiger partial charge is 0.354 e. The van der Waals surface area contributed by atoms with Crippen LogP contribution in [0.25, 0.3) is 0 Å². The quantitative estimate of drug-likeness (QED) is 0.639. The zero-order valence-corrected chi connectivity index (χ0v) is 7.95. The van der Waals surface area contributed by atoms with Gasteiger partial charge in [0.15, 0.2) is 0 Å². The Kier molecular flexibility index (Phi) is 6.33. The highest BCUT2D eigenvalue weighted by atomic mass is 35.5. The number of carbonyl (C=O) groups excluding carboxylic acids is 1. The number of rotatable bonds is 5. The smallest absolute Gasteiger partial charge is 0.220 e. The van der Waals surface area contributed by atoms with E-state index in [0.29, 0.717) is 12.3 Å². The maximum atomic E-state index is 11.0. The second-order valence-corrected chi connectivity index (χ2v) is 3.07. The van der Waals surface area contributed by atoms with E-state index in [-0.39, 0.29) is 11.9 Å². The van der Waals surface area contributed by atoms with Crippen molar-refractivity contribution in [3.05, 3.63) is 0 Å². The first kappa shape index (κ1) is 10.8. The molecule has 0 saturated heterocycles. The molecule has 0 spiro atoms. The molecule has 2 nitrogen and oxygen atoms in total. The van der Waals surface area contributed by atoms with E-state index < -0.39 is 0 Å². The zero-order valence-electron chi connectivity index (χ0n) is 7.19. The lowest BCUT2D eigenvalue weighted by molar-refractivity contribution is -0.121. The van der Waals surface area contributed by atoms with Crippen molar-refractivity contribution in [1.29, 1.82) is 0 Å². The van der Waals surface area contributed by atoms with Crippen molar-refractivity contribution in [3.8, 4) is 0 Å². The van der Waals surface area contributed by atoms with Crippen molar-refractivity contribution in [2.45, 2.75) is 39.2 Å². The van der Waals surface area contributed by atoms with Gasteiger partial charge in [0.05, 0.1) is 0 Å². The van der Waals surface area contributed by atoms with Crippen LogP contribution in [0.15, 0.2) is 0 Å². The van der Waals surface area contributed by atoms with Gasteiger partial charge in [0.1, 0.15) is 0 Å². The van der Waals surface area contributed by atoms with E-state index in [2.05, 4.69) is 5.32 Å². The lowest BCUT2D eigenvalue weighted by Gasteiger charge is -2.11. The van der Waals surface area contributed by atoms with Crippen LogP contribution in [-0.2, 0) is 4.79 Å². The molecule has 0 aliphatic heterocycles. The van der Waals surface area contributed by atoms with Crippen molar-refractivity contribution in [2.24, 2.45) is 0 Å². The third-order valence-corrected chi connectivity index (χ3v) is 1.64. The highest BCUT2D eigenvalue weighted by Crippen LogP contribution is 1.94. The predicted molar refractivity (Wildman–Crippen MR) is 47.8 cm³/mol. The van der Waals surface area contributed by atoms with Gasteiger partial charge in [-0.15, -0.1) is 11.6 Å². The van der Waals surface area contributed by atoms with Crippen LogP contribution in [0.2, 0.25) is 0 Å². The van der Waals surface area contributed by atoms with Gasteiger partial charge < -0.3 is 5.32 Å². The third kappa shape index (κ3) is 6.17. The summed E-state index contributed by atoms with van der Waals surface area (Å²) in [7, 11) is 0. The van der Waals surface area contributed by atoms with E-state index in [1.807, 2.05) is 13.8 Å². The summed E-state index contributed by atoms with van der Waals surface area (Å²) in [4.78, 5) is 11.0. The molecule has 1 amide bonds. The van der Waals surface area contributed by atoms with Crippen LogP contribution in [0.3, 0.4) is 0 Å². The molecule has 11 heavy (non-hydrogen) atoms. The second kappa shape index (κ2) is 6.47. The fourth-order valence-electron chi connectivity index (χ4n) is 0.810. The van der Waals surface area contributed by atoms with E-state index >= 15 is 0 Å². The van der Waals surface area contributed by atoms with Gasteiger partial charge in [-0.3, -0.25) is 4.79 Å². The van der Waals surface area contributed by atoms with E-state index in [9.17, 15) is 4.79 Å².